The minimum atomic E-state index is 0. The number of halogens is 1. The second-order valence-corrected chi connectivity index (χ2v) is 5.30. The second kappa shape index (κ2) is 7.42. The summed E-state index contributed by atoms with van der Waals surface area (Å²) in [5.41, 5.74) is 8.99. The first-order valence-corrected chi connectivity index (χ1v) is 7.25. The van der Waals surface area contributed by atoms with Crippen LogP contribution in [-0.4, -0.2) is 30.2 Å². The van der Waals surface area contributed by atoms with Crippen molar-refractivity contribution < 1.29 is 4.74 Å². The van der Waals surface area contributed by atoms with Crippen LogP contribution in [0.5, 0.6) is 5.75 Å². The Balaban J connectivity index is 0.00000176. The molecular weight excluding hydrogens is 300 g/mol. The average molecular weight is 321 g/mol. The van der Waals surface area contributed by atoms with Gasteiger partial charge in [-0.25, -0.2) is 9.97 Å². The van der Waals surface area contributed by atoms with Crippen molar-refractivity contribution in [3.05, 3.63) is 36.2 Å². The number of piperidine rings is 1. The molecule has 6 heteroatoms. The summed E-state index contributed by atoms with van der Waals surface area (Å²) < 4.78 is 5.21. The van der Waals surface area contributed by atoms with Crippen molar-refractivity contribution in [3.63, 3.8) is 0 Å². The van der Waals surface area contributed by atoms with Gasteiger partial charge in [-0.1, -0.05) is 12.1 Å². The van der Waals surface area contributed by atoms with Crippen molar-refractivity contribution in [3.8, 4) is 16.9 Å². The Hall–Kier alpha value is -1.85. The number of benzene rings is 1. The van der Waals surface area contributed by atoms with Crippen molar-refractivity contribution in [2.75, 3.05) is 25.9 Å². The lowest BCUT2D eigenvalue weighted by molar-refractivity contribution is 0.415. The van der Waals surface area contributed by atoms with Crippen LogP contribution in [0.25, 0.3) is 11.1 Å². The number of hydrogen-bond donors (Lipinski definition) is 2. The van der Waals surface area contributed by atoms with Crippen LogP contribution in [0.3, 0.4) is 0 Å². The average Bonchev–Trinajstić information content (AvgIpc) is 2.56. The van der Waals surface area contributed by atoms with Crippen LogP contribution < -0.4 is 15.8 Å². The van der Waals surface area contributed by atoms with Crippen molar-refractivity contribution in [1.29, 1.82) is 0 Å². The number of nitrogens with two attached hydrogens (primary N) is 1. The smallest absolute Gasteiger partial charge is 0.220 e. The summed E-state index contributed by atoms with van der Waals surface area (Å²) in [6, 6.07) is 7.98. The first-order chi connectivity index (χ1) is 10.3. The van der Waals surface area contributed by atoms with Gasteiger partial charge in [-0.2, -0.15) is 0 Å². The Morgan fingerprint density at radius 3 is 2.68 bits per heavy atom. The number of nitrogens with zero attached hydrogens (tertiary/aromatic N) is 2. The maximum atomic E-state index is 5.80. The van der Waals surface area contributed by atoms with Gasteiger partial charge in [-0.05, 0) is 37.1 Å². The van der Waals surface area contributed by atoms with Crippen LogP contribution in [0.1, 0.15) is 24.5 Å². The Labute approximate surface area is 136 Å². The lowest BCUT2D eigenvalue weighted by Gasteiger charge is -2.24. The molecule has 0 aliphatic carbocycles. The van der Waals surface area contributed by atoms with Crippen molar-refractivity contribution in [2.24, 2.45) is 0 Å². The Bertz CT molecular complexity index is 612. The number of anilines is 1. The zero-order chi connectivity index (χ0) is 14.7. The first-order valence-electron chi connectivity index (χ1n) is 7.25. The molecule has 22 heavy (non-hydrogen) atoms. The Morgan fingerprint density at radius 1 is 1.27 bits per heavy atom. The summed E-state index contributed by atoms with van der Waals surface area (Å²) in [6.45, 7) is 2.02. The minimum Gasteiger partial charge on any atom is -0.497 e. The Kier molecular flexibility index (Phi) is 5.57. The predicted octanol–water partition coefficient (Wildman–Crippen LogP) is 2.62. The standard InChI is InChI=1S/C16H20N4O.ClH/c1-21-13-6-4-11(5-7-13)14-10-19-16(17)20-15(14)12-3-2-8-18-9-12;/h4-7,10,12,18H,2-3,8-9H2,1H3,(H2,17,19,20);1H. The van der Waals surface area contributed by atoms with E-state index in [1.165, 1.54) is 0 Å². The molecule has 1 fully saturated rings. The molecular formula is C16H21ClN4O. The van der Waals surface area contributed by atoms with E-state index in [2.05, 4.69) is 15.3 Å². The van der Waals surface area contributed by atoms with Crippen molar-refractivity contribution >= 4 is 18.4 Å². The SMILES string of the molecule is COc1ccc(-c2cnc(N)nc2C2CCCNC2)cc1.Cl. The number of nitrogen functional groups attached to an aromatic ring is 1. The van der Waals surface area contributed by atoms with Gasteiger partial charge in [-0.3, -0.25) is 0 Å². The topological polar surface area (TPSA) is 73.1 Å². The third-order valence-corrected chi connectivity index (χ3v) is 3.92. The summed E-state index contributed by atoms with van der Waals surface area (Å²) in [6.07, 6.45) is 4.12. The van der Waals surface area contributed by atoms with Gasteiger partial charge in [0.2, 0.25) is 5.95 Å². The van der Waals surface area contributed by atoms with Crippen LogP contribution in [-0.2, 0) is 0 Å². The summed E-state index contributed by atoms with van der Waals surface area (Å²) in [7, 11) is 1.67. The third kappa shape index (κ3) is 3.48. The van der Waals surface area contributed by atoms with E-state index in [9.17, 15) is 0 Å². The van der Waals surface area contributed by atoms with Crippen LogP contribution in [0.4, 0.5) is 5.95 Å². The number of methoxy groups -OCH3 is 1. The molecule has 3 N–H and O–H groups in total. The van der Waals surface area contributed by atoms with E-state index in [0.29, 0.717) is 11.9 Å². The molecule has 1 saturated heterocycles. The van der Waals surface area contributed by atoms with Gasteiger partial charge < -0.3 is 15.8 Å². The summed E-state index contributed by atoms with van der Waals surface area (Å²) in [4.78, 5) is 8.68. The Morgan fingerprint density at radius 2 is 2.05 bits per heavy atom. The van der Waals surface area contributed by atoms with Crippen LogP contribution in [0, 0.1) is 0 Å². The van der Waals surface area contributed by atoms with E-state index in [-0.39, 0.29) is 12.4 Å². The number of rotatable bonds is 3. The van der Waals surface area contributed by atoms with Gasteiger partial charge >= 0.3 is 0 Å². The fraction of sp³-hybridized carbons (Fsp3) is 0.375. The highest BCUT2D eigenvalue weighted by Crippen LogP contribution is 2.32. The largest absolute Gasteiger partial charge is 0.497 e. The van der Waals surface area contributed by atoms with Gasteiger partial charge in [0.25, 0.3) is 0 Å². The van der Waals surface area contributed by atoms with Crippen molar-refractivity contribution in [1.82, 2.24) is 15.3 Å². The van der Waals surface area contributed by atoms with E-state index in [0.717, 1.165) is 48.5 Å². The van der Waals surface area contributed by atoms with Gasteiger partial charge in [0.1, 0.15) is 5.75 Å². The maximum absolute atomic E-state index is 5.80. The molecule has 2 aromatic rings. The van der Waals surface area contributed by atoms with E-state index in [1.807, 2.05) is 30.5 Å². The molecule has 3 rings (SSSR count). The molecule has 1 unspecified atom stereocenters. The molecule has 1 aromatic heterocycles. The molecule has 1 aromatic carbocycles. The van der Waals surface area contributed by atoms with Crippen LogP contribution >= 0.6 is 12.4 Å². The molecule has 0 saturated carbocycles. The van der Waals surface area contributed by atoms with Gasteiger partial charge in [-0.15, -0.1) is 12.4 Å². The first kappa shape index (κ1) is 16.5. The molecule has 0 bridgehead atoms. The van der Waals surface area contributed by atoms with E-state index in [4.69, 9.17) is 10.5 Å². The monoisotopic (exact) mass is 320 g/mol. The van der Waals surface area contributed by atoms with Crippen LogP contribution in [0.15, 0.2) is 30.5 Å². The molecule has 0 radical (unpaired) electrons. The summed E-state index contributed by atoms with van der Waals surface area (Å²) in [5.74, 6) is 1.57. The number of hydrogen-bond acceptors (Lipinski definition) is 5. The van der Waals surface area contributed by atoms with Gasteiger partial charge in [0.05, 0.1) is 12.8 Å². The highest BCUT2D eigenvalue weighted by molar-refractivity contribution is 5.85. The zero-order valence-corrected chi connectivity index (χ0v) is 13.4. The number of aromatic nitrogens is 2. The highest BCUT2D eigenvalue weighted by atomic mass is 35.5. The molecule has 0 amide bonds. The van der Waals surface area contributed by atoms with E-state index >= 15 is 0 Å². The minimum absolute atomic E-state index is 0. The van der Waals surface area contributed by atoms with Gasteiger partial charge in [0, 0.05) is 24.2 Å². The fourth-order valence-electron chi connectivity index (χ4n) is 2.80. The van der Waals surface area contributed by atoms with Crippen LogP contribution in [0.2, 0.25) is 0 Å². The maximum Gasteiger partial charge on any atom is 0.220 e. The second-order valence-electron chi connectivity index (χ2n) is 5.30. The van der Waals surface area contributed by atoms with E-state index < -0.39 is 0 Å². The molecule has 0 spiro atoms. The lowest BCUT2D eigenvalue weighted by Crippen LogP contribution is -2.29. The third-order valence-electron chi connectivity index (χ3n) is 3.92. The zero-order valence-electron chi connectivity index (χ0n) is 12.6. The summed E-state index contributed by atoms with van der Waals surface area (Å²) >= 11 is 0. The molecule has 1 aliphatic rings. The highest BCUT2D eigenvalue weighted by Gasteiger charge is 2.21. The van der Waals surface area contributed by atoms with E-state index in [1.54, 1.807) is 7.11 Å². The summed E-state index contributed by atoms with van der Waals surface area (Å²) in [5, 5.41) is 3.43. The number of ether oxygens (including phenoxy) is 1. The molecule has 118 valence electrons. The molecule has 5 nitrogen and oxygen atoms in total. The number of nitrogens with one attached hydrogen (secondary N) is 1. The quantitative estimate of drug-likeness (QED) is 0.909. The predicted molar refractivity (Wildman–Crippen MR) is 90.5 cm³/mol. The molecule has 1 aliphatic heterocycles. The fourth-order valence-corrected chi connectivity index (χ4v) is 2.80. The normalized spacial score (nSPS) is 17.6. The lowest BCUT2D eigenvalue weighted by atomic mass is 9.91. The molecule has 1 atom stereocenters. The molecule has 2 heterocycles. The van der Waals surface area contributed by atoms with Crippen molar-refractivity contribution in [2.45, 2.75) is 18.8 Å². The van der Waals surface area contributed by atoms with Gasteiger partial charge in [0.15, 0.2) is 0 Å².